The van der Waals surface area contributed by atoms with Gasteiger partial charge in [-0.1, -0.05) is 18.2 Å². The summed E-state index contributed by atoms with van der Waals surface area (Å²) in [5.74, 6) is 0. The zero-order valence-electron chi connectivity index (χ0n) is 9.49. The van der Waals surface area contributed by atoms with Gasteiger partial charge in [0.25, 0.3) is 0 Å². The third-order valence-electron chi connectivity index (χ3n) is 2.35. The maximum absolute atomic E-state index is 5.58. The van der Waals surface area contributed by atoms with E-state index in [0.29, 0.717) is 12.6 Å². The van der Waals surface area contributed by atoms with Gasteiger partial charge in [-0.2, -0.15) is 0 Å². The van der Waals surface area contributed by atoms with Crippen LogP contribution in [0.5, 0.6) is 0 Å². The van der Waals surface area contributed by atoms with E-state index < -0.39 is 0 Å². The molecule has 3 nitrogen and oxygen atoms in total. The molecule has 3 N–H and O–H groups in total. The van der Waals surface area contributed by atoms with Gasteiger partial charge in [0, 0.05) is 25.4 Å². The number of nitrogens with one attached hydrogen (secondary N) is 1. The smallest absolute Gasteiger partial charge is 0.0503 e. The molecule has 1 atom stereocenters. The first kappa shape index (κ1) is 12.0. The summed E-state index contributed by atoms with van der Waals surface area (Å²) in [6, 6.07) is 8.57. The van der Waals surface area contributed by atoms with Gasteiger partial charge in [-0.25, -0.2) is 0 Å². The minimum absolute atomic E-state index is 0.300. The van der Waals surface area contributed by atoms with Gasteiger partial charge in [-0.05, 0) is 25.0 Å². The van der Waals surface area contributed by atoms with E-state index in [0.717, 1.165) is 18.7 Å². The van der Waals surface area contributed by atoms with E-state index in [2.05, 4.69) is 24.4 Å². The maximum Gasteiger partial charge on any atom is 0.0503 e. The maximum atomic E-state index is 5.58. The third-order valence-corrected chi connectivity index (χ3v) is 2.35. The van der Waals surface area contributed by atoms with E-state index in [1.54, 1.807) is 7.11 Å². The summed E-state index contributed by atoms with van der Waals surface area (Å²) in [7, 11) is 1.72. The van der Waals surface area contributed by atoms with E-state index in [-0.39, 0.29) is 0 Å². The molecular formula is C12H20N2O. The van der Waals surface area contributed by atoms with E-state index in [1.165, 1.54) is 5.56 Å². The first-order valence-corrected chi connectivity index (χ1v) is 5.31. The van der Waals surface area contributed by atoms with Crippen LogP contribution in [0, 0.1) is 0 Å². The van der Waals surface area contributed by atoms with E-state index in [4.69, 9.17) is 10.5 Å². The molecule has 15 heavy (non-hydrogen) atoms. The Bertz CT molecular complexity index is 289. The lowest BCUT2D eigenvalue weighted by Gasteiger charge is -2.16. The van der Waals surface area contributed by atoms with Gasteiger partial charge in [0.1, 0.15) is 0 Å². The molecule has 0 radical (unpaired) electrons. The average molecular weight is 208 g/mol. The molecular weight excluding hydrogens is 188 g/mol. The summed E-state index contributed by atoms with van der Waals surface area (Å²) in [6.45, 7) is 3.46. The monoisotopic (exact) mass is 208 g/mol. The first-order chi connectivity index (χ1) is 7.27. The third kappa shape index (κ3) is 3.90. The average Bonchev–Trinajstić information content (AvgIpc) is 2.28. The number of hydrogen-bond acceptors (Lipinski definition) is 3. The lowest BCUT2D eigenvalue weighted by atomic mass is 10.1. The van der Waals surface area contributed by atoms with Crippen LogP contribution in [-0.4, -0.2) is 26.3 Å². The van der Waals surface area contributed by atoms with Crippen LogP contribution in [0.15, 0.2) is 24.3 Å². The Kier molecular flexibility index (Phi) is 5.15. The predicted molar refractivity (Wildman–Crippen MR) is 64.2 cm³/mol. The summed E-state index contributed by atoms with van der Waals surface area (Å²) in [5, 5.41) is 3.39. The lowest BCUT2D eigenvalue weighted by Crippen LogP contribution is -2.25. The van der Waals surface area contributed by atoms with Gasteiger partial charge in [0.15, 0.2) is 0 Å². The molecule has 84 valence electrons. The number of benzene rings is 1. The van der Waals surface area contributed by atoms with Crippen LogP contribution in [0.2, 0.25) is 0 Å². The van der Waals surface area contributed by atoms with Crippen molar-refractivity contribution >= 4 is 5.69 Å². The summed E-state index contributed by atoms with van der Waals surface area (Å²) in [6.07, 6.45) is 0.928. The number of hydrogen-bond donors (Lipinski definition) is 2. The van der Waals surface area contributed by atoms with Gasteiger partial charge in [-0.15, -0.1) is 0 Å². The Labute approximate surface area is 91.6 Å². The quantitative estimate of drug-likeness (QED) is 0.747. The van der Waals surface area contributed by atoms with Gasteiger partial charge in [0.2, 0.25) is 0 Å². The van der Waals surface area contributed by atoms with Crippen molar-refractivity contribution in [1.29, 1.82) is 0 Å². The Morgan fingerprint density at radius 2 is 2.13 bits per heavy atom. The van der Waals surface area contributed by atoms with Crippen molar-refractivity contribution < 1.29 is 4.74 Å². The van der Waals surface area contributed by atoms with Crippen molar-refractivity contribution in [3.05, 3.63) is 29.8 Å². The van der Waals surface area contributed by atoms with Crippen molar-refractivity contribution in [2.45, 2.75) is 19.4 Å². The molecule has 0 aromatic heterocycles. The molecule has 0 amide bonds. The molecule has 1 aromatic rings. The minimum Gasteiger partial charge on any atom is -0.384 e. The second-order valence-corrected chi connectivity index (χ2v) is 3.68. The SMILES string of the molecule is COCCc1ccccc1NC(C)CN. The van der Waals surface area contributed by atoms with E-state index in [9.17, 15) is 0 Å². The van der Waals surface area contributed by atoms with E-state index in [1.807, 2.05) is 12.1 Å². The molecule has 0 saturated carbocycles. The Balaban J connectivity index is 2.67. The summed E-state index contributed by atoms with van der Waals surface area (Å²) < 4.78 is 5.08. The Morgan fingerprint density at radius 3 is 2.80 bits per heavy atom. The molecule has 3 heteroatoms. The standard InChI is InChI=1S/C12H20N2O/c1-10(9-13)14-12-6-4-3-5-11(12)7-8-15-2/h3-6,10,14H,7-9,13H2,1-2H3. The lowest BCUT2D eigenvalue weighted by molar-refractivity contribution is 0.202. The normalized spacial score (nSPS) is 12.5. The number of para-hydroxylation sites is 1. The fraction of sp³-hybridized carbons (Fsp3) is 0.500. The minimum atomic E-state index is 0.300. The molecule has 0 aliphatic carbocycles. The van der Waals surface area contributed by atoms with Crippen LogP contribution < -0.4 is 11.1 Å². The molecule has 0 bridgehead atoms. The zero-order valence-corrected chi connectivity index (χ0v) is 9.49. The van der Waals surface area contributed by atoms with Gasteiger partial charge in [-0.3, -0.25) is 0 Å². The topological polar surface area (TPSA) is 47.3 Å². The van der Waals surface area contributed by atoms with Crippen LogP contribution in [0.4, 0.5) is 5.69 Å². The molecule has 1 rings (SSSR count). The number of ether oxygens (including phenoxy) is 1. The largest absolute Gasteiger partial charge is 0.384 e. The second-order valence-electron chi connectivity index (χ2n) is 3.68. The predicted octanol–water partition coefficient (Wildman–Crippen LogP) is 1.63. The summed E-state index contributed by atoms with van der Waals surface area (Å²) in [4.78, 5) is 0. The van der Waals surface area contributed by atoms with Gasteiger partial charge >= 0.3 is 0 Å². The number of nitrogens with two attached hydrogens (primary N) is 1. The van der Waals surface area contributed by atoms with Crippen LogP contribution in [0.25, 0.3) is 0 Å². The highest BCUT2D eigenvalue weighted by molar-refractivity contribution is 5.51. The van der Waals surface area contributed by atoms with Crippen molar-refractivity contribution in [2.24, 2.45) is 5.73 Å². The molecule has 0 aliphatic heterocycles. The van der Waals surface area contributed by atoms with E-state index >= 15 is 0 Å². The molecule has 0 saturated heterocycles. The Morgan fingerprint density at radius 1 is 1.40 bits per heavy atom. The molecule has 1 unspecified atom stereocenters. The highest BCUT2D eigenvalue weighted by Crippen LogP contribution is 2.16. The molecule has 0 fully saturated rings. The summed E-state index contributed by atoms with van der Waals surface area (Å²) >= 11 is 0. The first-order valence-electron chi connectivity index (χ1n) is 5.31. The van der Waals surface area contributed by atoms with Crippen molar-refractivity contribution in [3.63, 3.8) is 0 Å². The van der Waals surface area contributed by atoms with Crippen LogP contribution in [0.3, 0.4) is 0 Å². The summed E-state index contributed by atoms with van der Waals surface area (Å²) in [5.41, 5.74) is 8.02. The number of methoxy groups -OCH3 is 1. The van der Waals surface area contributed by atoms with Crippen LogP contribution in [-0.2, 0) is 11.2 Å². The second kappa shape index (κ2) is 6.43. The van der Waals surface area contributed by atoms with Crippen LogP contribution >= 0.6 is 0 Å². The van der Waals surface area contributed by atoms with Crippen molar-refractivity contribution in [2.75, 3.05) is 25.6 Å². The zero-order chi connectivity index (χ0) is 11.1. The highest BCUT2D eigenvalue weighted by Gasteiger charge is 2.03. The molecule has 1 aromatic carbocycles. The van der Waals surface area contributed by atoms with Crippen LogP contribution in [0.1, 0.15) is 12.5 Å². The molecule has 0 spiro atoms. The highest BCUT2D eigenvalue weighted by atomic mass is 16.5. The Hall–Kier alpha value is -1.06. The fourth-order valence-corrected chi connectivity index (χ4v) is 1.42. The van der Waals surface area contributed by atoms with Crippen molar-refractivity contribution in [1.82, 2.24) is 0 Å². The van der Waals surface area contributed by atoms with Crippen molar-refractivity contribution in [3.8, 4) is 0 Å². The number of anilines is 1. The fourth-order valence-electron chi connectivity index (χ4n) is 1.42. The molecule has 0 heterocycles. The van der Waals surface area contributed by atoms with Gasteiger partial charge < -0.3 is 15.8 Å². The van der Waals surface area contributed by atoms with Gasteiger partial charge in [0.05, 0.1) is 6.61 Å². The number of rotatable bonds is 6. The molecule has 0 aliphatic rings.